The lowest BCUT2D eigenvalue weighted by Crippen LogP contribution is -2.59. The third kappa shape index (κ3) is 13.3. The molecule has 3 nitrogen and oxygen atoms in total. The van der Waals surface area contributed by atoms with Crippen LogP contribution in [0.25, 0.3) is 177 Å². The van der Waals surface area contributed by atoms with Gasteiger partial charge >= 0.3 is 20.5 Å². The Hall–Kier alpha value is -17.0. The van der Waals surface area contributed by atoms with Crippen LogP contribution in [0.1, 0.15) is 0 Å². The topological polar surface area (TPSA) is 9.72 Å². The quantitative estimate of drug-likeness (QED) is 0.140. The van der Waals surface area contributed by atoms with Gasteiger partial charge in [-0.2, -0.15) is 0 Å². The van der Waals surface area contributed by atoms with Crippen molar-refractivity contribution in [2.24, 2.45) is 0 Å². The molecule has 6 aliphatic heterocycles. The summed E-state index contributed by atoms with van der Waals surface area (Å²) in [6.45, 7) is 0.116. The molecule has 6 heterocycles. The highest BCUT2D eigenvalue weighted by atomic mass is 15.1. The normalized spacial score (nSPS) is 12.5. The van der Waals surface area contributed by atoms with Crippen LogP contribution >= 0.6 is 0 Å². The predicted molar refractivity (Wildman–Crippen MR) is 571 cm³/mol. The average molecular weight is 1700 g/mol. The van der Waals surface area contributed by atoms with Gasteiger partial charge < -0.3 is 14.4 Å². The summed E-state index contributed by atoms with van der Waals surface area (Å²) in [6.07, 6.45) is 0. The molecule has 6 aliphatic rings. The maximum absolute atomic E-state index is 2.61. The van der Waals surface area contributed by atoms with Crippen LogP contribution < -0.4 is 47.2 Å². The standard InChI is InChI=1S/C48H32BN.C44H28BN.C36H24BN/c1-5-13-33(14-6-1)37-23-27-47-43(29-37)41-25-21-39(35-17-9-3-10-18-35)31-45(41)49-46-32-40(36-19-11-4-12-20-36)22-26-42(46)44-30-38(24-28-48(44)50(47)49)34-15-7-2-8-16-34;1-3-11-31-25-33(19-17-29(31)9-1)35-21-23-37-39-13-5-7-15-43(39)46-44-16-8-6-14-40(44)38-24-22-36(28-42(38)45(46)41(37)27-35)34-20-18-30-10-2-4-12-32(30)26-34;1-3-11-25(12-4-1)27-19-21-29-31-15-7-9-17-35(31)38-36-18-10-8-16-32(36)30-22-20-28(26-13-5-2-6-14-26)24-34(30)37(38)33(29)23-27/h1-32H;1-28H;1-24H. The fourth-order valence-corrected chi connectivity index (χ4v) is 22.3. The van der Waals surface area contributed by atoms with Crippen LogP contribution in [0.3, 0.4) is 0 Å². The van der Waals surface area contributed by atoms with Gasteiger partial charge in [0.25, 0.3) is 0 Å². The largest absolute Gasteiger partial charge is 0.376 e. The summed E-state index contributed by atoms with van der Waals surface area (Å²) < 4.78 is 0. The molecule has 6 heteroatoms. The molecule has 0 aliphatic carbocycles. The lowest BCUT2D eigenvalue weighted by Gasteiger charge is -2.44. The second kappa shape index (κ2) is 32.6. The molecule has 0 spiro atoms. The van der Waals surface area contributed by atoms with E-state index in [4.69, 9.17) is 0 Å². The number of hydrogen-bond donors (Lipinski definition) is 0. The molecule has 0 saturated heterocycles. The van der Waals surface area contributed by atoms with E-state index in [0.717, 1.165) is 0 Å². The van der Waals surface area contributed by atoms with E-state index in [1.165, 1.54) is 244 Å². The van der Waals surface area contributed by atoms with Crippen LogP contribution in [0.2, 0.25) is 0 Å². The Morgan fingerprint density at radius 1 is 0.104 bits per heavy atom. The molecule has 0 unspecified atom stereocenters. The van der Waals surface area contributed by atoms with Gasteiger partial charge in [0, 0.05) is 67.5 Å². The number of hydrogen-bond acceptors (Lipinski definition) is 3. The van der Waals surface area contributed by atoms with Crippen molar-refractivity contribution in [2.75, 3.05) is 14.4 Å². The molecular weight excluding hydrogens is 1610 g/mol. The van der Waals surface area contributed by atoms with Gasteiger partial charge in [-0.05, 0) is 237 Å². The van der Waals surface area contributed by atoms with Gasteiger partial charge in [-0.15, -0.1) is 0 Å². The minimum Gasteiger partial charge on any atom is -0.376 e. The fourth-order valence-electron chi connectivity index (χ4n) is 22.3. The Balaban J connectivity index is 0.000000106. The van der Waals surface area contributed by atoms with Crippen molar-refractivity contribution >= 4 is 109 Å². The SMILES string of the molecule is c1ccc(-c2ccc3c(c2)B2c4cc(-c5ccccc5)ccc4-c4cc(-c5ccccc5)ccc4N2c2ccc(-c4ccccc4)cc2-3)cc1.c1ccc(-c2ccc3c(c2)B2c4cc(-c5ccccc5)ccc4-c4ccccc4N2c2ccccc2-3)cc1.c1ccc2c(c1)-c1ccc(-c3ccc4ccccc4c3)cc1B1c3cc(-c4ccc5ccccc5c4)ccc3-c3ccccc3N12. The van der Waals surface area contributed by atoms with Crippen LogP contribution in [0.4, 0.5) is 34.1 Å². The van der Waals surface area contributed by atoms with E-state index in [2.05, 4.69) is 524 Å². The molecule has 28 rings (SSSR count). The minimum atomic E-state index is -0.00234. The Kier molecular flexibility index (Phi) is 19.0. The molecule has 22 aromatic rings. The maximum Gasteiger partial charge on any atom is 0.329 e. The van der Waals surface area contributed by atoms with E-state index in [1.807, 2.05) is 0 Å². The van der Waals surface area contributed by atoms with Gasteiger partial charge in [-0.25, -0.2) is 0 Å². The van der Waals surface area contributed by atoms with Gasteiger partial charge in [0.05, 0.1) is 0 Å². The highest BCUT2D eigenvalue weighted by Gasteiger charge is 2.47. The Bertz CT molecular complexity index is 7920. The van der Waals surface area contributed by atoms with Crippen LogP contribution in [0.5, 0.6) is 0 Å². The number of rotatable bonds is 8. The summed E-state index contributed by atoms with van der Waals surface area (Å²) in [7, 11) is 0. The van der Waals surface area contributed by atoms with Gasteiger partial charge in [-0.3, -0.25) is 0 Å². The van der Waals surface area contributed by atoms with E-state index < -0.39 is 0 Å². The molecule has 0 N–H and O–H groups in total. The fraction of sp³-hybridized carbons (Fsp3) is 0. The van der Waals surface area contributed by atoms with E-state index in [0.29, 0.717) is 0 Å². The molecule has 0 atom stereocenters. The van der Waals surface area contributed by atoms with Crippen molar-refractivity contribution in [3.05, 3.63) is 510 Å². The Labute approximate surface area is 783 Å². The van der Waals surface area contributed by atoms with E-state index in [9.17, 15) is 0 Å². The summed E-state index contributed by atoms with van der Waals surface area (Å²) in [4.78, 5) is 7.77. The number of anilines is 6. The molecule has 22 aromatic carbocycles. The first-order valence-corrected chi connectivity index (χ1v) is 46.7. The van der Waals surface area contributed by atoms with Crippen molar-refractivity contribution in [3.63, 3.8) is 0 Å². The molecule has 0 amide bonds. The highest BCUT2D eigenvalue weighted by molar-refractivity contribution is 6.94. The first kappa shape index (κ1) is 78.0. The summed E-state index contributed by atoms with van der Waals surface area (Å²) in [6, 6.07) is 188. The molecule has 0 radical (unpaired) electrons. The van der Waals surface area contributed by atoms with Gasteiger partial charge in [-0.1, -0.05) is 449 Å². The minimum absolute atomic E-state index is 0.00234. The predicted octanol–water partition coefficient (Wildman–Crippen LogP) is 29.4. The van der Waals surface area contributed by atoms with E-state index >= 15 is 0 Å². The monoisotopic (exact) mass is 1700 g/mol. The van der Waals surface area contributed by atoms with Crippen molar-refractivity contribution in [3.8, 4) is 156 Å². The van der Waals surface area contributed by atoms with Crippen molar-refractivity contribution in [1.82, 2.24) is 0 Å². The number of para-hydroxylation sites is 4. The smallest absolute Gasteiger partial charge is 0.329 e. The second-order valence-corrected chi connectivity index (χ2v) is 36.0. The molecular formula is C128H84B3N3. The van der Waals surface area contributed by atoms with Crippen molar-refractivity contribution < 1.29 is 0 Å². The zero-order valence-corrected chi connectivity index (χ0v) is 73.6. The van der Waals surface area contributed by atoms with Crippen molar-refractivity contribution in [1.29, 1.82) is 0 Å². The lowest BCUT2D eigenvalue weighted by molar-refractivity contribution is 1.35. The molecule has 620 valence electrons. The molecule has 0 saturated carbocycles. The van der Waals surface area contributed by atoms with Gasteiger partial charge in [0.2, 0.25) is 0 Å². The summed E-state index contributed by atoms with van der Waals surface area (Å²) in [5, 5.41) is 5.06. The van der Waals surface area contributed by atoms with Crippen LogP contribution in [-0.4, -0.2) is 20.5 Å². The number of benzene rings is 22. The first-order valence-electron chi connectivity index (χ1n) is 46.7. The van der Waals surface area contributed by atoms with E-state index in [-0.39, 0.29) is 20.5 Å². The summed E-state index contributed by atoms with van der Waals surface area (Å²) in [5.41, 5.74) is 50.9. The zero-order chi connectivity index (χ0) is 88.3. The molecule has 0 aromatic heterocycles. The molecule has 134 heavy (non-hydrogen) atoms. The van der Waals surface area contributed by atoms with Gasteiger partial charge in [0.1, 0.15) is 0 Å². The zero-order valence-electron chi connectivity index (χ0n) is 73.6. The number of fused-ring (bicyclic) bond motifs is 35. The molecule has 0 bridgehead atoms. The van der Waals surface area contributed by atoms with Crippen molar-refractivity contribution in [2.45, 2.75) is 0 Å². The van der Waals surface area contributed by atoms with E-state index in [1.54, 1.807) is 0 Å². The third-order valence-corrected chi connectivity index (χ3v) is 28.6. The Morgan fingerprint density at radius 3 is 0.545 bits per heavy atom. The van der Waals surface area contributed by atoms with Crippen LogP contribution in [0.15, 0.2) is 510 Å². The van der Waals surface area contributed by atoms with Gasteiger partial charge in [0.15, 0.2) is 0 Å². The highest BCUT2D eigenvalue weighted by Crippen LogP contribution is 2.53. The van der Waals surface area contributed by atoms with Crippen LogP contribution in [0, 0.1) is 0 Å². The second-order valence-electron chi connectivity index (χ2n) is 36.0. The summed E-state index contributed by atoms with van der Waals surface area (Å²) >= 11 is 0. The molecule has 0 fully saturated rings. The first-order chi connectivity index (χ1) is 66.5. The average Bonchev–Trinajstić information content (AvgIpc) is 0.662. The number of nitrogens with zero attached hydrogens (tertiary/aromatic N) is 3. The Morgan fingerprint density at radius 2 is 0.284 bits per heavy atom. The third-order valence-electron chi connectivity index (χ3n) is 28.6. The lowest BCUT2D eigenvalue weighted by atomic mass is 9.43. The maximum atomic E-state index is 2.61. The summed E-state index contributed by atoms with van der Waals surface area (Å²) in [5.74, 6) is 0. The van der Waals surface area contributed by atoms with Crippen LogP contribution in [-0.2, 0) is 0 Å².